The van der Waals surface area contributed by atoms with Gasteiger partial charge in [0, 0.05) is 7.11 Å². The molecular formula is C10H16N4O5. The normalized spacial score (nSPS) is 10.5. The van der Waals surface area contributed by atoms with Crippen molar-refractivity contribution in [3.63, 3.8) is 0 Å². The van der Waals surface area contributed by atoms with E-state index in [9.17, 15) is 14.9 Å². The lowest BCUT2D eigenvalue weighted by Crippen LogP contribution is -2.29. The van der Waals surface area contributed by atoms with Gasteiger partial charge in [-0.15, -0.1) is 0 Å². The Kier molecular flexibility index (Phi) is 5.39. The van der Waals surface area contributed by atoms with Crippen LogP contribution < -0.4 is 5.48 Å². The average Bonchev–Trinajstić information content (AvgIpc) is 2.60. The predicted molar refractivity (Wildman–Crippen MR) is 64.3 cm³/mol. The van der Waals surface area contributed by atoms with E-state index in [-0.39, 0.29) is 24.5 Å². The average molecular weight is 272 g/mol. The predicted octanol–water partition coefficient (Wildman–Crippen LogP) is 0.102. The number of rotatable bonds is 7. The number of aryl methyl sites for hydroxylation is 1. The van der Waals surface area contributed by atoms with Crippen LogP contribution in [0.25, 0.3) is 0 Å². The van der Waals surface area contributed by atoms with Crippen molar-refractivity contribution in [2.75, 3.05) is 20.3 Å². The van der Waals surface area contributed by atoms with E-state index in [2.05, 4.69) is 10.6 Å². The Morgan fingerprint density at radius 2 is 2.16 bits per heavy atom. The molecule has 0 aliphatic rings. The van der Waals surface area contributed by atoms with Crippen molar-refractivity contribution in [3.05, 3.63) is 21.5 Å². The fourth-order valence-electron chi connectivity index (χ4n) is 1.53. The van der Waals surface area contributed by atoms with E-state index in [4.69, 9.17) is 9.57 Å². The highest BCUT2D eigenvalue weighted by molar-refractivity contribution is 5.74. The molecule has 0 unspecified atom stereocenters. The molecule has 0 bridgehead atoms. The van der Waals surface area contributed by atoms with E-state index in [0.29, 0.717) is 12.3 Å². The van der Waals surface area contributed by atoms with Crippen molar-refractivity contribution in [1.29, 1.82) is 0 Å². The van der Waals surface area contributed by atoms with Crippen LogP contribution in [0.4, 0.5) is 5.69 Å². The van der Waals surface area contributed by atoms with Gasteiger partial charge >= 0.3 is 5.69 Å². The molecule has 19 heavy (non-hydrogen) atoms. The van der Waals surface area contributed by atoms with E-state index in [0.717, 1.165) is 0 Å². The monoisotopic (exact) mass is 272 g/mol. The van der Waals surface area contributed by atoms with E-state index in [1.807, 2.05) is 0 Å². The second kappa shape index (κ2) is 6.81. The Balaban J connectivity index is 2.60. The van der Waals surface area contributed by atoms with Gasteiger partial charge in [-0.25, -0.2) is 5.48 Å². The third-order valence-corrected chi connectivity index (χ3v) is 2.39. The molecule has 1 aromatic heterocycles. The number of hydroxylamine groups is 1. The highest BCUT2D eigenvalue weighted by Gasteiger charge is 2.22. The molecular weight excluding hydrogens is 256 g/mol. The molecule has 9 nitrogen and oxygen atoms in total. The SMILES string of the molecule is COCCONC(=O)Cn1nc(C)c([N+](=O)[O-])c1C. The number of carbonyl (C=O) groups is 1. The van der Waals surface area contributed by atoms with Crippen LogP contribution in [0, 0.1) is 24.0 Å². The van der Waals surface area contributed by atoms with E-state index >= 15 is 0 Å². The molecule has 1 rings (SSSR count). The summed E-state index contributed by atoms with van der Waals surface area (Å²) in [6, 6.07) is 0. The van der Waals surface area contributed by atoms with E-state index in [1.54, 1.807) is 0 Å². The number of carbonyl (C=O) groups excluding carboxylic acids is 1. The minimum absolute atomic E-state index is 0.0758. The van der Waals surface area contributed by atoms with Gasteiger partial charge in [-0.1, -0.05) is 0 Å². The molecule has 0 aliphatic heterocycles. The zero-order valence-electron chi connectivity index (χ0n) is 11.0. The minimum Gasteiger partial charge on any atom is -0.382 e. The van der Waals surface area contributed by atoms with Crippen molar-refractivity contribution < 1.29 is 19.3 Å². The maximum Gasteiger partial charge on any atom is 0.312 e. The van der Waals surface area contributed by atoms with Crippen LogP contribution in [0.2, 0.25) is 0 Å². The summed E-state index contributed by atoms with van der Waals surface area (Å²) in [5, 5.41) is 14.7. The lowest BCUT2D eigenvalue weighted by molar-refractivity contribution is -0.386. The van der Waals surface area contributed by atoms with Crippen molar-refractivity contribution in [2.24, 2.45) is 0 Å². The summed E-state index contributed by atoms with van der Waals surface area (Å²) in [6.45, 7) is 3.49. The number of amides is 1. The maximum atomic E-state index is 11.5. The lowest BCUT2D eigenvalue weighted by Gasteiger charge is -2.06. The van der Waals surface area contributed by atoms with Crippen LogP contribution in [0.3, 0.4) is 0 Å². The van der Waals surface area contributed by atoms with Crippen molar-refractivity contribution >= 4 is 11.6 Å². The Morgan fingerprint density at radius 1 is 1.47 bits per heavy atom. The summed E-state index contributed by atoms with van der Waals surface area (Å²) in [5.74, 6) is -0.448. The number of ether oxygens (including phenoxy) is 1. The molecule has 0 saturated heterocycles. The molecule has 1 N–H and O–H groups in total. The zero-order valence-corrected chi connectivity index (χ0v) is 11.0. The van der Waals surface area contributed by atoms with Gasteiger partial charge in [-0.05, 0) is 13.8 Å². The molecule has 0 saturated carbocycles. The van der Waals surface area contributed by atoms with Crippen LogP contribution in [-0.4, -0.2) is 40.9 Å². The summed E-state index contributed by atoms with van der Waals surface area (Å²) in [4.78, 5) is 26.6. The maximum absolute atomic E-state index is 11.5. The summed E-state index contributed by atoms with van der Waals surface area (Å²) in [5.41, 5.74) is 2.73. The van der Waals surface area contributed by atoms with Gasteiger partial charge in [0.2, 0.25) is 0 Å². The number of nitrogens with one attached hydrogen (secondary N) is 1. The first kappa shape index (κ1) is 15.1. The molecule has 0 aromatic carbocycles. The smallest absolute Gasteiger partial charge is 0.312 e. The first-order chi connectivity index (χ1) is 8.97. The third kappa shape index (κ3) is 4.00. The van der Waals surface area contributed by atoms with Crippen LogP contribution in [0.15, 0.2) is 0 Å². The second-order valence-corrected chi connectivity index (χ2v) is 3.80. The highest BCUT2D eigenvalue weighted by atomic mass is 16.7. The van der Waals surface area contributed by atoms with Crippen LogP contribution in [0.5, 0.6) is 0 Å². The van der Waals surface area contributed by atoms with Crippen LogP contribution >= 0.6 is 0 Å². The quantitative estimate of drug-likeness (QED) is 0.428. The van der Waals surface area contributed by atoms with E-state index in [1.165, 1.54) is 25.6 Å². The third-order valence-electron chi connectivity index (χ3n) is 2.39. The molecule has 9 heteroatoms. The molecule has 1 aromatic rings. The van der Waals surface area contributed by atoms with E-state index < -0.39 is 10.8 Å². The Hall–Kier alpha value is -2.00. The molecule has 0 aliphatic carbocycles. The molecule has 1 amide bonds. The number of nitrogens with zero attached hydrogens (tertiary/aromatic N) is 3. The Bertz CT molecular complexity index is 471. The fraction of sp³-hybridized carbons (Fsp3) is 0.600. The summed E-state index contributed by atoms with van der Waals surface area (Å²) in [7, 11) is 1.51. The number of methoxy groups -OCH3 is 1. The van der Waals surface area contributed by atoms with Gasteiger partial charge in [-0.3, -0.25) is 24.4 Å². The number of nitro groups is 1. The first-order valence-electron chi connectivity index (χ1n) is 5.55. The number of hydrogen-bond donors (Lipinski definition) is 1. The Morgan fingerprint density at radius 3 is 2.68 bits per heavy atom. The number of hydrogen-bond acceptors (Lipinski definition) is 6. The molecule has 0 atom stereocenters. The molecule has 0 radical (unpaired) electrons. The minimum atomic E-state index is -0.513. The lowest BCUT2D eigenvalue weighted by atomic mass is 10.3. The molecule has 0 spiro atoms. The summed E-state index contributed by atoms with van der Waals surface area (Å²) in [6.07, 6.45) is 0. The van der Waals surface area contributed by atoms with Gasteiger partial charge in [0.05, 0.1) is 18.1 Å². The topological polar surface area (TPSA) is 109 Å². The molecule has 1 heterocycles. The van der Waals surface area contributed by atoms with Crippen molar-refractivity contribution in [3.8, 4) is 0 Å². The zero-order chi connectivity index (χ0) is 14.4. The fourth-order valence-corrected chi connectivity index (χ4v) is 1.53. The Labute approximate surface area is 109 Å². The standard InChI is InChI=1S/C10H16N4O5/c1-7-10(14(16)17)8(2)13(11-7)6-9(15)12-19-5-4-18-3/h4-6H2,1-3H3,(H,12,15). The van der Waals surface area contributed by atoms with Gasteiger partial charge in [0.15, 0.2) is 0 Å². The number of aromatic nitrogens is 2. The molecule has 106 valence electrons. The highest BCUT2D eigenvalue weighted by Crippen LogP contribution is 2.21. The van der Waals surface area contributed by atoms with Gasteiger partial charge in [0.1, 0.15) is 17.9 Å². The van der Waals surface area contributed by atoms with Crippen molar-refractivity contribution in [2.45, 2.75) is 20.4 Å². The second-order valence-electron chi connectivity index (χ2n) is 3.80. The van der Waals surface area contributed by atoms with Crippen LogP contribution in [-0.2, 0) is 20.9 Å². The van der Waals surface area contributed by atoms with Gasteiger partial charge < -0.3 is 4.74 Å². The van der Waals surface area contributed by atoms with Gasteiger partial charge in [0.25, 0.3) is 5.91 Å². The van der Waals surface area contributed by atoms with Crippen molar-refractivity contribution in [1.82, 2.24) is 15.3 Å². The summed E-state index contributed by atoms with van der Waals surface area (Å²) < 4.78 is 6.00. The van der Waals surface area contributed by atoms with Gasteiger partial charge in [-0.2, -0.15) is 5.10 Å². The largest absolute Gasteiger partial charge is 0.382 e. The van der Waals surface area contributed by atoms with Crippen LogP contribution in [0.1, 0.15) is 11.4 Å². The summed E-state index contributed by atoms with van der Waals surface area (Å²) >= 11 is 0. The molecule has 0 fully saturated rings. The first-order valence-corrected chi connectivity index (χ1v) is 5.55.